The van der Waals surface area contributed by atoms with E-state index in [0.29, 0.717) is 11.5 Å². The van der Waals surface area contributed by atoms with Crippen LogP contribution in [0.2, 0.25) is 0 Å². The highest BCUT2D eigenvalue weighted by atomic mass is 32.1. The Morgan fingerprint density at radius 1 is 1.26 bits per heavy atom. The van der Waals surface area contributed by atoms with Gasteiger partial charge in [0.15, 0.2) is 11.5 Å². The molecule has 0 radical (unpaired) electrons. The van der Waals surface area contributed by atoms with E-state index >= 15 is 0 Å². The Bertz CT molecular complexity index is 838. The maximum absolute atomic E-state index is 5.38. The van der Waals surface area contributed by atoms with Gasteiger partial charge in [-0.2, -0.15) is 0 Å². The largest absolute Gasteiger partial charge is 0.493 e. The molecule has 1 aliphatic rings. The number of hydrogen-bond donors (Lipinski definition) is 1. The topological polar surface area (TPSA) is 60.7 Å². The molecule has 2 aromatic heterocycles. The molecule has 0 amide bonds. The van der Waals surface area contributed by atoms with E-state index < -0.39 is 0 Å². The minimum atomic E-state index is 0.697. The molecule has 0 aliphatic heterocycles. The highest BCUT2D eigenvalue weighted by molar-refractivity contribution is 7.20. The molecule has 1 aromatic carbocycles. The highest BCUT2D eigenvalue weighted by Gasteiger charge is 2.21. The standard InChI is InChI=1S/C16H18N4O2S/c1-21-13-6-5-11(7-14(13)22-2)12-9-18-16-20(12)19-15(23-16)17-8-10-3-4-10/h5-7,9-10H,3-4,8H2,1-2H3,(H,17,19). The van der Waals surface area contributed by atoms with Gasteiger partial charge < -0.3 is 14.8 Å². The molecule has 4 rings (SSSR count). The molecule has 1 saturated carbocycles. The molecular weight excluding hydrogens is 312 g/mol. The van der Waals surface area contributed by atoms with Crippen LogP contribution in [-0.2, 0) is 0 Å². The Hall–Kier alpha value is -2.28. The molecule has 120 valence electrons. The van der Waals surface area contributed by atoms with E-state index in [-0.39, 0.29) is 0 Å². The molecule has 23 heavy (non-hydrogen) atoms. The Kier molecular flexibility index (Phi) is 3.57. The summed E-state index contributed by atoms with van der Waals surface area (Å²) < 4.78 is 12.5. The molecule has 1 N–H and O–H groups in total. The number of hydrogen-bond acceptors (Lipinski definition) is 6. The third-order valence-electron chi connectivity index (χ3n) is 4.00. The van der Waals surface area contributed by atoms with Crippen LogP contribution < -0.4 is 14.8 Å². The SMILES string of the molecule is COc1ccc(-c2cnc3sc(NCC4CC4)nn23)cc1OC. The van der Waals surface area contributed by atoms with Gasteiger partial charge in [-0.15, -0.1) is 5.10 Å². The molecule has 0 atom stereocenters. The molecule has 6 nitrogen and oxygen atoms in total. The maximum Gasteiger partial charge on any atom is 0.214 e. The lowest BCUT2D eigenvalue weighted by molar-refractivity contribution is 0.355. The van der Waals surface area contributed by atoms with Crippen LogP contribution in [0.3, 0.4) is 0 Å². The summed E-state index contributed by atoms with van der Waals surface area (Å²) >= 11 is 1.57. The maximum atomic E-state index is 5.38. The van der Waals surface area contributed by atoms with Crippen molar-refractivity contribution in [2.45, 2.75) is 12.8 Å². The minimum Gasteiger partial charge on any atom is -0.493 e. The molecule has 7 heteroatoms. The van der Waals surface area contributed by atoms with Crippen LogP contribution in [0.25, 0.3) is 16.2 Å². The minimum absolute atomic E-state index is 0.697. The molecule has 2 heterocycles. The van der Waals surface area contributed by atoms with Crippen LogP contribution in [0.4, 0.5) is 5.13 Å². The van der Waals surface area contributed by atoms with E-state index in [4.69, 9.17) is 9.47 Å². The van der Waals surface area contributed by atoms with Gasteiger partial charge in [0.05, 0.1) is 26.1 Å². The summed E-state index contributed by atoms with van der Waals surface area (Å²) in [6, 6.07) is 5.83. The molecule has 0 spiro atoms. The van der Waals surface area contributed by atoms with Crippen molar-refractivity contribution in [2.24, 2.45) is 5.92 Å². The fourth-order valence-electron chi connectivity index (χ4n) is 2.51. The first-order chi connectivity index (χ1) is 11.3. The first-order valence-electron chi connectivity index (χ1n) is 7.59. The Morgan fingerprint density at radius 3 is 2.83 bits per heavy atom. The van der Waals surface area contributed by atoms with Gasteiger partial charge in [0.2, 0.25) is 10.1 Å². The highest BCUT2D eigenvalue weighted by Crippen LogP contribution is 2.34. The zero-order chi connectivity index (χ0) is 15.8. The molecule has 0 unspecified atom stereocenters. The van der Waals surface area contributed by atoms with Crippen LogP contribution in [0, 0.1) is 5.92 Å². The Labute approximate surface area is 138 Å². The van der Waals surface area contributed by atoms with Crippen molar-refractivity contribution in [3.63, 3.8) is 0 Å². The number of nitrogens with zero attached hydrogens (tertiary/aromatic N) is 3. The van der Waals surface area contributed by atoms with Gasteiger partial charge in [-0.3, -0.25) is 0 Å². The van der Waals surface area contributed by atoms with Crippen molar-refractivity contribution < 1.29 is 9.47 Å². The molecule has 1 fully saturated rings. The number of rotatable bonds is 6. The smallest absolute Gasteiger partial charge is 0.214 e. The van der Waals surface area contributed by atoms with Crippen LogP contribution in [0.5, 0.6) is 11.5 Å². The Balaban J connectivity index is 1.67. The number of imidazole rings is 1. The van der Waals surface area contributed by atoms with Crippen molar-refractivity contribution in [2.75, 3.05) is 26.1 Å². The average Bonchev–Trinajstić information content (AvgIpc) is 3.20. The third kappa shape index (κ3) is 2.72. The van der Waals surface area contributed by atoms with E-state index in [2.05, 4.69) is 15.4 Å². The fourth-order valence-corrected chi connectivity index (χ4v) is 3.29. The van der Waals surface area contributed by atoms with Crippen LogP contribution in [0.1, 0.15) is 12.8 Å². The van der Waals surface area contributed by atoms with E-state index in [1.165, 1.54) is 12.8 Å². The molecule has 1 aliphatic carbocycles. The number of aromatic nitrogens is 3. The second-order valence-corrected chi connectivity index (χ2v) is 6.60. The van der Waals surface area contributed by atoms with Crippen molar-refractivity contribution in [1.29, 1.82) is 0 Å². The van der Waals surface area contributed by atoms with Crippen LogP contribution in [0.15, 0.2) is 24.4 Å². The number of methoxy groups -OCH3 is 2. The summed E-state index contributed by atoms with van der Waals surface area (Å²) in [5.41, 5.74) is 1.94. The number of anilines is 1. The zero-order valence-electron chi connectivity index (χ0n) is 13.1. The van der Waals surface area contributed by atoms with Crippen molar-refractivity contribution in [1.82, 2.24) is 14.6 Å². The lowest BCUT2D eigenvalue weighted by Gasteiger charge is -2.08. The quantitative estimate of drug-likeness (QED) is 0.751. The van der Waals surface area contributed by atoms with E-state index in [0.717, 1.165) is 33.8 Å². The summed E-state index contributed by atoms with van der Waals surface area (Å²) in [6.07, 6.45) is 4.49. The normalized spacial score (nSPS) is 14.2. The molecular formula is C16H18N4O2S. The second-order valence-electron chi connectivity index (χ2n) is 5.64. The molecule has 3 aromatic rings. The summed E-state index contributed by atoms with van der Waals surface area (Å²) in [6.45, 7) is 1.00. The van der Waals surface area contributed by atoms with Gasteiger partial charge in [0.1, 0.15) is 0 Å². The monoisotopic (exact) mass is 330 g/mol. The van der Waals surface area contributed by atoms with E-state index in [9.17, 15) is 0 Å². The van der Waals surface area contributed by atoms with Gasteiger partial charge in [0.25, 0.3) is 0 Å². The summed E-state index contributed by atoms with van der Waals surface area (Å²) in [5, 5.41) is 8.96. The van der Waals surface area contributed by atoms with Gasteiger partial charge in [0, 0.05) is 12.1 Å². The van der Waals surface area contributed by atoms with E-state index in [1.807, 2.05) is 28.9 Å². The summed E-state index contributed by atoms with van der Waals surface area (Å²) in [4.78, 5) is 5.35. The van der Waals surface area contributed by atoms with Crippen molar-refractivity contribution >= 4 is 21.4 Å². The second kappa shape index (κ2) is 5.73. The average molecular weight is 330 g/mol. The summed E-state index contributed by atoms with van der Waals surface area (Å²) in [7, 11) is 3.27. The first kappa shape index (κ1) is 14.3. The van der Waals surface area contributed by atoms with Gasteiger partial charge >= 0.3 is 0 Å². The fraction of sp³-hybridized carbons (Fsp3) is 0.375. The van der Waals surface area contributed by atoms with Crippen molar-refractivity contribution in [3.8, 4) is 22.8 Å². The Morgan fingerprint density at radius 2 is 2.09 bits per heavy atom. The number of ether oxygens (including phenoxy) is 2. The number of fused-ring (bicyclic) bond motifs is 1. The van der Waals surface area contributed by atoms with Crippen molar-refractivity contribution in [3.05, 3.63) is 24.4 Å². The number of nitrogens with one attached hydrogen (secondary N) is 1. The van der Waals surface area contributed by atoms with Crippen LogP contribution >= 0.6 is 11.3 Å². The van der Waals surface area contributed by atoms with Crippen LogP contribution in [-0.4, -0.2) is 35.4 Å². The molecule has 0 bridgehead atoms. The lowest BCUT2D eigenvalue weighted by atomic mass is 10.1. The zero-order valence-corrected chi connectivity index (χ0v) is 13.9. The predicted molar refractivity (Wildman–Crippen MR) is 90.6 cm³/mol. The van der Waals surface area contributed by atoms with Gasteiger partial charge in [-0.25, -0.2) is 9.50 Å². The number of benzene rings is 1. The van der Waals surface area contributed by atoms with Gasteiger partial charge in [-0.1, -0.05) is 11.3 Å². The van der Waals surface area contributed by atoms with E-state index in [1.54, 1.807) is 25.6 Å². The lowest BCUT2D eigenvalue weighted by Crippen LogP contribution is -2.03. The van der Waals surface area contributed by atoms with Gasteiger partial charge in [-0.05, 0) is 37.0 Å². The summed E-state index contributed by atoms with van der Waals surface area (Å²) in [5.74, 6) is 2.22. The predicted octanol–water partition coefficient (Wildman–Crippen LogP) is 3.30. The molecule has 0 saturated heterocycles. The first-order valence-corrected chi connectivity index (χ1v) is 8.41. The third-order valence-corrected chi connectivity index (χ3v) is 4.88.